The number of anilines is 2. The molecule has 0 atom stereocenters. The van der Waals surface area contributed by atoms with Gasteiger partial charge in [0.15, 0.2) is 17.4 Å². The lowest BCUT2D eigenvalue weighted by Crippen LogP contribution is -2.46. The van der Waals surface area contributed by atoms with Gasteiger partial charge in [0.25, 0.3) is 5.91 Å². The Morgan fingerprint density at radius 3 is 2.03 bits per heavy atom. The van der Waals surface area contributed by atoms with Gasteiger partial charge in [-0.15, -0.1) is 0 Å². The van der Waals surface area contributed by atoms with Crippen molar-refractivity contribution >= 4 is 17.3 Å². The Balaban J connectivity index is 1.39. The Morgan fingerprint density at radius 1 is 0.857 bits per heavy atom. The van der Waals surface area contributed by atoms with Crippen molar-refractivity contribution in [2.75, 3.05) is 43.5 Å². The van der Waals surface area contributed by atoms with Crippen molar-refractivity contribution in [1.82, 2.24) is 4.90 Å². The van der Waals surface area contributed by atoms with Gasteiger partial charge in [-0.05, 0) is 30.3 Å². The number of carbonyl (C=O) groups is 1. The Labute approximate surface area is 198 Å². The minimum Gasteiger partial charge on any atom is -0.491 e. The topological polar surface area (TPSA) is 44.8 Å². The molecule has 1 amide bonds. The van der Waals surface area contributed by atoms with Crippen molar-refractivity contribution in [2.45, 2.75) is 6.54 Å². The van der Waals surface area contributed by atoms with E-state index in [-0.39, 0.29) is 11.5 Å². The number of methoxy groups -OCH3 is 1. The number of hydrogen-bond acceptors (Lipinski definition) is 4. The van der Waals surface area contributed by atoms with Crippen molar-refractivity contribution in [1.29, 1.82) is 0 Å². The highest BCUT2D eigenvalue weighted by Gasteiger charge is 2.30. The van der Waals surface area contributed by atoms with E-state index in [2.05, 4.69) is 19.9 Å². The lowest BCUT2D eigenvalue weighted by Gasteiger charge is -2.36. The monoisotopic (exact) mass is 491 g/mol. The van der Waals surface area contributed by atoms with Crippen LogP contribution < -0.4 is 15.0 Å². The van der Waals surface area contributed by atoms with Crippen LogP contribution in [-0.2, 0) is 6.54 Å². The smallest absolute Gasteiger partial charge is 0.261 e. The molecule has 1 N–H and O–H groups in total. The highest BCUT2D eigenvalue weighted by molar-refractivity contribution is 6.04. The second-order valence-corrected chi connectivity index (χ2v) is 8.02. The van der Waals surface area contributed by atoms with Crippen LogP contribution >= 0.6 is 0 Å². The van der Waals surface area contributed by atoms with E-state index < -0.39 is 40.5 Å². The SMILES string of the molecule is COc1c(F)c(F)c(C(=O)Nc2ccc(N3CCN(Cc4ccccc4F)CC3)cc2)c(F)c1F. The minimum atomic E-state index is -1.84. The van der Waals surface area contributed by atoms with E-state index in [1.54, 1.807) is 30.3 Å². The molecule has 1 heterocycles. The van der Waals surface area contributed by atoms with E-state index >= 15 is 0 Å². The van der Waals surface area contributed by atoms with Gasteiger partial charge in [0.05, 0.1) is 7.11 Å². The Bertz CT molecular complexity index is 1200. The quantitative estimate of drug-likeness (QED) is 0.391. The summed E-state index contributed by atoms with van der Waals surface area (Å²) < 4.78 is 74.4. The van der Waals surface area contributed by atoms with E-state index in [1.807, 2.05) is 0 Å². The summed E-state index contributed by atoms with van der Waals surface area (Å²) >= 11 is 0. The van der Waals surface area contributed by atoms with E-state index in [4.69, 9.17) is 0 Å². The van der Waals surface area contributed by atoms with Gasteiger partial charge in [-0.2, -0.15) is 8.78 Å². The van der Waals surface area contributed by atoms with Gasteiger partial charge in [-0.25, -0.2) is 13.2 Å². The number of nitrogens with one attached hydrogen (secondary N) is 1. The fraction of sp³-hybridized carbons (Fsp3) is 0.240. The summed E-state index contributed by atoms with van der Waals surface area (Å²) in [6.45, 7) is 3.35. The van der Waals surface area contributed by atoms with Gasteiger partial charge in [-0.1, -0.05) is 18.2 Å². The van der Waals surface area contributed by atoms with Gasteiger partial charge in [0.2, 0.25) is 11.6 Å². The second-order valence-electron chi connectivity index (χ2n) is 8.02. The molecular weight excluding hydrogens is 469 g/mol. The van der Waals surface area contributed by atoms with Crippen LogP contribution in [0.2, 0.25) is 0 Å². The van der Waals surface area contributed by atoms with E-state index in [0.29, 0.717) is 25.2 Å². The zero-order chi connectivity index (χ0) is 25.1. The zero-order valence-corrected chi connectivity index (χ0v) is 18.8. The normalized spacial score (nSPS) is 14.2. The average molecular weight is 491 g/mol. The molecule has 0 bridgehead atoms. The Morgan fingerprint density at radius 2 is 1.46 bits per heavy atom. The first-order valence-corrected chi connectivity index (χ1v) is 10.8. The van der Waals surface area contributed by atoms with Crippen molar-refractivity contribution in [3.8, 4) is 5.75 Å². The molecule has 0 aromatic heterocycles. The van der Waals surface area contributed by atoms with Crippen molar-refractivity contribution in [3.05, 3.63) is 88.7 Å². The fourth-order valence-corrected chi connectivity index (χ4v) is 3.97. The molecule has 184 valence electrons. The lowest BCUT2D eigenvalue weighted by atomic mass is 10.1. The minimum absolute atomic E-state index is 0.187. The van der Waals surface area contributed by atoms with Crippen LogP contribution in [0.3, 0.4) is 0 Å². The molecule has 4 rings (SSSR count). The third kappa shape index (κ3) is 5.07. The molecule has 0 unspecified atom stereocenters. The van der Waals surface area contributed by atoms with Gasteiger partial charge in [0.1, 0.15) is 11.4 Å². The fourth-order valence-electron chi connectivity index (χ4n) is 3.97. The number of hydrogen-bond donors (Lipinski definition) is 1. The largest absolute Gasteiger partial charge is 0.491 e. The zero-order valence-electron chi connectivity index (χ0n) is 18.8. The predicted octanol–water partition coefficient (Wildman–Crippen LogP) is 4.97. The molecular formula is C25H22F5N3O2. The van der Waals surface area contributed by atoms with Crippen LogP contribution in [-0.4, -0.2) is 44.1 Å². The maximum absolute atomic E-state index is 14.2. The maximum Gasteiger partial charge on any atom is 0.261 e. The van der Waals surface area contributed by atoms with Crippen molar-refractivity contribution in [3.63, 3.8) is 0 Å². The lowest BCUT2D eigenvalue weighted by molar-refractivity contribution is 0.101. The van der Waals surface area contributed by atoms with Crippen LogP contribution in [0.1, 0.15) is 15.9 Å². The predicted molar refractivity (Wildman–Crippen MR) is 121 cm³/mol. The first-order valence-electron chi connectivity index (χ1n) is 10.8. The molecule has 1 aliphatic heterocycles. The third-order valence-electron chi connectivity index (χ3n) is 5.87. The molecule has 0 aliphatic carbocycles. The van der Waals surface area contributed by atoms with Gasteiger partial charge >= 0.3 is 0 Å². The summed E-state index contributed by atoms with van der Waals surface area (Å²) in [5.41, 5.74) is 0.307. The Hall–Kier alpha value is -3.66. The number of halogens is 5. The standard InChI is InChI=1S/C25H22F5N3O2/c1-35-24-22(29)20(27)19(21(28)23(24)30)25(34)31-16-6-8-17(9-7-16)33-12-10-32(11-13-33)14-15-4-2-3-5-18(15)26/h2-9H,10-14H2,1H3,(H,31,34). The summed E-state index contributed by atoms with van der Waals surface area (Å²) in [5.74, 6) is -10.1. The first-order chi connectivity index (χ1) is 16.8. The summed E-state index contributed by atoms with van der Waals surface area (Å²) in [5, 5.41) is 2.25. The molecule has 0 saturated carbocycles. The number of amides is 1. The number of rotatable bonds is 6. The van der Waals surface area contributed by atoms with Crippen LogP contribution in [0.15, 0.2) is 48.5 Å². The van der Waals surface area contributed by atoms with Gasteiger partial charge < -0.3 is 15.0 Å². The highest BCUT2D eigenvalue weighted by atomic mass is 19.2. The second kappa shape index (κ2) is 10.3. The summed E-state index contributed by atoms with van der Waals surface area (Å²) in [7, 11) is 0.852. The number of piperazine rings is 1. The maximum atomic E-state index is 14.2. The van der Waals surface area contributed by atoms with E-state index in [1.165, 1.54) is 18.2 Å². The van der Waals surface area contributed by atoms with E-state index in [0.717, 1.165) is 25.9 Å². The summed E-state index contributed by atoms with van der Waals surface area (Å²) in [6.07, 6.45) is 0. The molecule has 1 fully saturated rings. The molecule has 0 spiro atoms. The van der Waals surface area contributed by atoms with Crippen LogP contribution in [0.4, 0.5) is 33.3 Å². The summed E-state index contributed by atoms with van der Waals surface area (Å²) in [4.78, 5) is 16.6. The average Bonchev–Trinajstić information content (AvgIpc) is 2.86. The number of carbonyl (C=O) groups excluding carboxylic acids is 1. The highest BCUT2D eigenvalue weighted by Crippen LogP contribution is 2.30. The van der Waals surface area contributed by atoms with Crippen LogP contribution in [0, 0.1) is 29.1 Å². The molecule has 3 aromatic rings. The number of ether oxygens (including phenoxy) is 1. The molecule has 0 radical (unpaired) electrons. The molecule has 3 aromatic carbocycles. The number of benzene rings is 3. The van der Waals surface area contributed by atoms with Crippen LogP contribution in [0.5, 0.6) is 5.75 Å². The summed E-state index contributed by atoms with van der Waals surface area (Å²) in [6, 6.07) is 13.1. The van der Waals surface area contributed by atoms with Gasteiger partial charge in [-0.3, -0.25) is 9.69 Å². The first kappa shape index (κ1) is 24.5. The molecule has 35 heavy (non-hydrogen) atoms. The molecule has 5 nitrogen and oxygen atoms in total. The van der Waals surface area contributed by atoms with Crippen molar-refractivity contribution in [2.24, 2.45) is 0 Å². The Kier molecular flexibility index (Phi) is 7.20. The molecule has 1 aliphatic rings. The van der Waals surface area contributed by atoms with Crippen molar-refractivity contribution < 1.29 is 31.5 Å². The third-order valence-corrected chi connectivity index (χ3v) is 5.87. The molecule has 1 saturated heterocycles. The molecule has 10 heteroatoms. The van der Waals surface area contributed by atoms with Crippen LogP contribution in [0.25, 0.3) is 0 Å². The van der Waals surface area contributed by atoms with Gasteiger partial charge in [0, 0.05) is 49.7 Å². The number of nitrogens with zero attached hydrogens (tertiary/aromatic N) is 2. The van der Waals surface area contributed by atoms with E-state index in [9.17, 15) is 26.7 Å².